The molecule has 1 rings (SSSR count). The van der Waals surface area contributed by atoms with Gasteiger partial charge in [0.1, 0.15) is 5.82 Å². The van der Waals surface area contributed by atoms with E-state index in [9.17, 15) is 4.39 Å². The predicted octanol–water partition coefficient (Wildman–Crippen LogP) is 4.34. The highest BCUT2D eigenvalue weighted by atomic mass is 79.9. The molecule has 0 atom stereocenters. The van der Waals surface area contributed by atoms with E-state index in [0.717, 1.165) is 0 Å². The Kier molecular flexibility index (Phi) is 11.2. The Hall–Kier alpha value is -0.440. The van der Waals surface area contributed by atoms with E-state index in [0.29, 0.717) is 10.2 Å². The molecule has 1 nitrogen and oxygen atoms in total. The summed E-state index contributed by atoms with van der Waals surface area (Å²) in [6.07, 6.45) is 1.57. The second-order valence-electron chi connectivity index (χ2n) is 1.72. The zero-order valence-electron chi connectivity index (χ0n) is 8.86. The molecule has 0 N–H and O–H groups in total. The van der Waals surface area contributed by atoms with Crippen LogP contribution in [0.2, 0.25) is 0 Å². The Labute approximate surface area is 88.5 Å². The van der Waals surface area contributed by atoms with Crippen LogP contribution in [0.15, 0.2) is 16.7 Å². The van der Waals surface area contributed by atoms with Crippen molar-refractivity contribution in [3.8, 4) is 0 Å². The summed E-state index contributed by atoms with van der Waals surface area (Å²) >= 11 is 3.09. The van der Waals surface area contributed by atoms with Crippen molar-refractivity contribution in [2.24, 2.45) is 0 Å². The molecule has 0 aliphatic carbocycles. The maximum Gasteiger partial charge on any atom is 0.145 e. The second kappa shape index (κ2) is 9.65. The lowest BCUT2D eigenvalue weighted by Gasteiger charge is -1.92. The van der Waals surface area contributed by atoms with Gasteiger partial charge in [-0.3, -0.25) is 4.98 Å². The van der Waals surface area contributed by atoms with E-state index < -0.39 is 0 Å². The zero-order chi connectivity index (χ0) is 10.9. The van der Waals surface area contributed by atoms with Crippen molar-refractivity contribution in [1.82, 2.24) is 4.98 Å². The van der Waals surface area contributed by atoms with Crippen molar-refractivity contribution in [1.29, 1.82) is 0 Å². The van der Waals surface area contributed by atoms with Crippen molar-refractivity contribution in [3.05, 3.63) is 28.2 Å². The number of aromatic nitrogens is 1. The SMILES string of the molecule is CC.CC.Cc1ncc(Br)cc1F. The van der Waals surface area contributed by atoms with Gasteiger partial charge in [0.15, 0.2) is 0 Å². The molecule has 0 saturated carbocycles. The van der Waals surface area contributed by atoms with Crippen LogP contribution in [-0.2, 0) is 0 Å². The highest BCUT2D eigenvalue weighted by molar-refractivity contribution is 9.10. The van der Waals surface area contributed by atoms with Gasteiger partial charge in [-0.2, -0.15) is 0 Å². The average Bonchev–Trinajstić information content (AvgIpc) is 2.18. The van der Waals surface area contributed by atoms with Crippen LogP contribution in [0.5, 0.6) is 0 Å². The third-order valence-electron chi connectivity index (χ3n) is 0.992. The molecular formula is C10H17BrFN. The first kappa shape index (κ1) is 15.1. The molecule has 0 aromatic carbocycles. The number of halogens is 2. The first-order chi connectivity index (χ1) is 6.20. The minimum Gasteiger partial charge on any atom is -0.257 e. The lowest BCUT2D eigenvalue weighted by atomic mass is 10.4. The number of nitrogens with zero attached hydrogens (tertiary/aromatic N) is 1. The molecule has 1 heterocycles. The Balaban J connectivity index is 0. The van der Waals surface area contributed by atoms with Gasteiger partial charge in [-0.15, -0.1) is 0 Å². The molecule has 76 valence electrons. The third-order valence-corrected chi connectivity index (χ3v) is 1.43. The van der Waals surface area contributed by atoms with Crippen molar-refractivity contribution >= 4 is 15.9 Å². The minimum atomic E-state index is -0.274. The van der Waals surface area contributed by atoms with E-state index in [1.165, 1.54) is 6.07 Å². The van der Waals surface area contributed by atoms with Gasteiger partial charge < -0.3 is 0 Å². The van der Waals surface area contributed by atoms with Gasteiger partial charge in [0.25, 0.3) is 0 Å². The summed E-state index contributed by atoms with van der Waals surface area (Å²) in [7, 11) is 0. The van der Waals surface area contributed by atoms with Crippen LogP contribution in [0.1, 0.15) is 33.4 Å². The Morgan fingerprint density at radius 1 is 1.23 bits per heavy atom. The fraction of sp³-hybridized carbons (Fsp3) is 0.500. The molecule has 1 aromatic heterocycles. The smallest absolute Gasteiger partial charge is 0.145 e. The van der Waals surface area contributed by atoms with E-state index in [2.05, 4.69) is 20.9 Å². The fourth-order valence-electron chi connectivity index (χ4n) is 0.483. The topological polar surface area (TPSA) is 12.9 Å². The molecule has 0 fully saturated rings. The quantitative estimate of drug-likeness (QED) is 0.667. The number of hydrogen-bond acceptors (Lipinski definition) is 1. The fourth-order valence-corrected chi connectivity index (χ4v) is 0.786. The number of rotatable bonds is 0. The van der Waals surface area contributed by atoms with Gasteiger partial charge in [0.05, 0.1) is 5.69 Å². The van der Waals surface area contributed by atoms with Gasteiger partial charge in [-0.25, -0.2) is 4.39 Å². The number of hydrogen-bond donors (Lipinski definition) is 0. The molecule has 0 aliphatic heterocycles. The second-order valence-corrected chi connectivity index (χ2v) is 2.64. The molecule has 0 amide bonds. The van der Waals surface area contributed by atoms with Crippen molar-refractivity contribution in [2.45, 2.75) is 34.6 Å². The maximum atomic E-state index is 12.5. The molecule has 0 bridgehead atoms. The van der Waals surface area contributed by atoms with Crippen LogP contribution in [0.4, 0.5) is 4.39 Å². The molecule has 0 unspecified atom stereocenters. The van der Waals surface area contributed by atoms with Gasteiger partial charge >= 0.3 is 0 Å². The predicted molar refractivity (Wildman–Crippen MR) is 59.3 cm³/mol. The van der Waals surface area contributed by atoms with Crippen LogP contribution in [0.3, 0.4) is 0 Å². The van der Waals surface area contributed by atoms with Crippen LogP contribution >= 0.6 is 15.9 Å². The normalized spacial score (nSPS) is 7.62. The highest BCUT2D eigenvalue weighted by Gasteiger charge is 1.96. The standard InChI is InChI=1S/C6H5BrFN.2C2H6/c1-4-6(8)2-5(7)3-9-4;2*1-2/h2-3H,1H3;2*1-2H3. The maximum absolute atomic E-state index is 12.5. The van der Waals surface area contributed by atoms with Gasteiger partial charge in [-0.05, 0) is 28.9 Å². The summed E-state index contributed by atoms with van der Waals surface area (Å²) < 4.78 is 13.2. The monoisotopic (exact) mass is 249 g/mol. The molecular weight excluding hydrogens is 233 g/mol. The van der Waals surface area contributed by atoms with Gasteiger partial charge in [0, 0.05) is 10.7 Å². The number of pyridine rings is 1. The number of aryl methyl sites for hydroxylation is 1. The van der Waals surface area contributed by atoms with Crippen LogP contribution in [0, 0.1) is 12.7 Å². The van der Waals surface area contributed by atoms with E-state index in [1.54, 1.807) is 13.1 Å². The minimum absolute atomic E-state index is 0.274. The lowest BCUT2D eigenvalue weighted by molar-refractivity contribution is 0.608. The lowest BCUT2D eigenvalue weighted by Crippen LogP contribution is -1.85. The van der Waals surface area contributed by atoms with Gasteiger partial charge in [-0.1, -0.05) is 27.7 Å². The molecule has 0 aliphatic rings. The van der Waals surface area contributed by atoms with Gasteiger partial charge in [0.2, 0.25) is 0 Å². The van der Waals surface area contributed by atoms with E-state index in [1.807, 2.05) is 27.7 Å². The third kappa shape index (κ3) is 6.70. The van der Waals surface area contributed by atoms with Crippen molar-refractivity contribution in [2.75, 3.05) is 0 Å². The molecule has 13 heavy (non-hydrogen) atoms. The first-order valence-corrected chi connectivity index (χ1v) is 5.27. The average molecular weight is 250 g/mol. The first-order valence-electron chi connectivity index (χ1n) is 4.48. The molecule has 0 spiro atoms. The van der Waals surface area contributed by atoms with Crippen LogP contribution in [-0.4, -0.2) is 4.98 Å². The Bertz CT molecular complexity index is 226. The summed E-state index contributed by atoms with van der Waals surface area (Å²) in [5, 5.41) is 0. The summed E-state index contributed by atoms with van der Waals surface area (Å²) in [6.45, 7) is 9.63. The molecule has 0 saturated heterocycles. The van der Waals surface area contributed by atoms with Crippen LogP contribution in [0.25, 0.3) is 0 Å². The van der Waals surface area contributed by atoms with Crippen molar-refractivity contribution in [3.63, 3.8) is 0 Å². The summed E-state index contributed by atoms with van der Waals surface area (Å²) in [4.78, 5) is 3.76. The summed E-state index contributed by atoms with van der Waals surface area (Å²) in [5.41, 5.74) is 0.429. The van der Waals surface area contributed by atoms with E-state index in [4.69, 9.17) is 0 Å². The van der Waals surface area contributed by atoms with E-state index >= 15 is 0 Å². The molecule has 1 aromatic rings. The molecule has 0 radical (unpaired) electrons. The Morgan fingerprint density at radius 2 is 1.69 bits per heavy atom. The summed E-state index contributed by atoms with van der Waals surface area (Å²) in [6, 6.07) is 1.39. The van der Waals surface area contributed by atoms with Crippen LogP contribution < -0.4 is 0 Å². The Morgan fingerprint density at radius 3 is 2.00 bits per heavy atom. The van der Waals surface area contributed by atoms with E-state index in [-0.39, 0.29) is 5.82 Å². The highest BCUT2D eigenvalue weighted by Crippen LogP contribution is 2.10. The zero-order valence-corrected chi connectivity index (χ0v) is 10.4. The summed E-state index contributed by atoms with van der Waals surface area (Å²) in [5.74, 6) is -0.274. The molecule has 3 heteroatoms. The van der Waals surface area contributed by atoms with Crippen molar-refractivity contribution < 1.29 is 4.39 Å². The largest absolute Gasteiger partial charge is 0.257 e.